The van der Waals surface area contributed by atoms with E-state index in [9.17, 15) is 8.42 Å². The van der Waals surface area contributed by atoms with Gasteiger partial charge in [-0.3, -0.25) is 0 Å². The summed E-state index contributed by atoms with van der Waals surface area (Å²) in [5.74, 6) is 1.61. The van der Waals surface area contributed by atoms with E-state index in [1.807, 2.05) is 19.2 Å². The molecule has 0 spiro atoms. The van der Waals surface area contributed by atoms with Gasteiger partial charge < -0.3 is 14.6 Å². The molecule has 9 heteroatoms. The first-order valence-electron chi connectivity index (χ1n) is 9.86. The molecule has 1 saturated heterocycles. The van der Waals surface area contributed by atoms with Gasteiger partial charge in [0.1, 0.15) is 16.5 Å². The molecule has 3 aromatic rings. The number of sulfonamides is 1. The molecule has 0 aliphatic carbocycles. The van der Waals surface area contributed by atoms with Crippen molar-refractivity contribution in [3.8, 4) is 0 Å². The summed E-state index contributed by atoms with van der Waals surface area (Å²) in [4.78, 5) is 8.75. The summed E-state index contributed by atoms with van der Waals surface area (Å²) in [6.45, 7) is 4.94. The van der Waals surface area contributed by atoms with E-state index in [2.05, 4.69) is 38.1 Å². The number of imidazole rings is 1. The molecule has 8 nitrogen and oxygen atoms in total. The highest BCUT2D eigenvalue weighted by atomic mass is 32.2. The van der Waals surface area contributed by atoms with Gasteiger partial charge in [-0.15, -0.1) is 0 Å². The number of benzene rings is 1. The summed E-state index contributed by atoms with van der Waals surface area (Å²) in [6.07, 6.45) is 5.18. The van der Waals surface area contributed by atoms with Crippen LogP contribution in [0.15, 0.2) is 59.9 Å². The van der Waals surface area contributed by atoms with E-state index in [0.717, 1.165) is 17.9 Å². The molecule has 4 rings (SSSR count). The van der Waals surface area contributed by atoms with Gasteiger partial charge in [-0.05, 0) is 30.2 Å². The van der Waals surface area contributed by atoms with Crippen LogP contribution in [0.1, 0.15) is 17.0 Å². The molecule has 0 bridgehead atoms. The number of nitrogens with one attached hydrogen (secondary N) is 1. The Hall–Kier alpha value is -2.75. The van der Waals surface area contributed by atoms with Crippen LogP contribution in [0.5, 0.6) is 0 Å². The lowest BCUT2D eigenvalue weighted by Crippen LogP contribution is -2.40. The van der Waals surface area contributed by atoms with Crippen molar-refractivity contribution in [3.63, 3.8) is 0 Å². The van der Waals surface area contributed by atoms with Crippen molar-refractivity contribution < 1.29 is 13.2 Å². The molecule has 158 valence electrons. The second-order valence-corrected chi connectivity index (χ2v) is 9.11. The maximum atomic E-state index is 12.7. The van der Waals surface area contributed by atoms with E-state index in [-0.39, 0.29) is 4.90 Å². The second kappa shape index (κ2) is 8.95. The van der Waals surface area contributed by atoms with Crippen LogP contribution in [-0.2, 0) is 27.8 Å². The van der Waals surface area contributed by atoms with Gasteiger partial charge in [-0.1, -0.05) is 24.3 Å². The number of ether oxygens (including phenoxy) is 1. The Bertz CT molecular complexity index is 1090. The smallest absolute Gasteiger partial charge is 0.244 e. The van der Waals surface area contributed by atoms with Crippen LogP contribution in [0.3, 0.4) is 0 Å². The molecule has 1 aliphatic rings. The largest absolute Gasteiger partial charge is 0.379 e. The average Bonchev–Trinajstić information content (AvgIpc) is 3.18. The highest BCUT2D eigenvalue weighted by Crippen LogP contribution is 2.18. The predicted octanol–water partition coefficient (Wildman–Crippen LogP) is 2.27. The minimum Gasteiger partial charge on any atom is -0.379 e. The van der Waals surface area contributed by atoms with Crippen molar-refractivity contribution in [2.75, 3.05) is 31.6 Å². The topological polar surface area (TPSA) is 89.4 Å². The van der Waals surface area contributed by atoms with Crippen LogP contribution in [0.25, 0.3) is 0 Å². The predicted molar refractivity (Wildman–Crippen MR) is 114 cm³/mol. The molecule has 30 heavy (non-hydrogen) atoms. The van der Waals surface area contributed by atoms with Gasteiger partial charge in [0.2, 0.25) is 10.0 Å². The van der Waals surface area contributed by atoms with Gasteiger partial charge >= 0.3 is 0 Å². The highest BCUT2D eigenvalue weighted by Gasteiger charge is 2.26. The summed E-state index contributed by atoms with van der Waals surface area (Å²) < 4.78 is 34.1. The third-order valence-electron chi connectivity index (χ3n) is 5.09. The van der Waals surface area contributed by atoms with Crippen molar-refractivity contribution >= 4 is 15.8 Å². The fourth-order valence-electron chi connectivity index (χ4n) is 3.37. The number of rotatable bonds is 7. The molecule has 0 amide bonds. The second-order valence-electron chi connectivity index (χ2n) is 7.17. The van der Waals surface area contributed by atoms with E-state index in [4.69, 9.17) is 4.74 Å². The number of morpholine rings is 1. The first-order valence-corrected chi connectivity index (χ1v) is 11.3. The summed E-state index contributed by atoms with van der Waals surface area (Å²) in [5, 5.41) is 3.26. The fourth-order valence-corrected chi connectivity index (χ4v) is 4.73. The molecule has 1 fully saturated rings. The third kappa shape index (κ3) is 4.69. The van der Waals surface area contributed by atoms with E-state index < -0.39 is 10.0 Å². The lowest BCUT2D eigenvalue weighted by Gasteiger charge is -2.25. The van der Waals surface area contributed by atoms with Crippen LogP contribution in [0.2, 0.25) is 0 Å². The number of hydrogen-bond acceptors (Lipinski definition) is 6. The summed E-state index contributed by atoms with van der Waals surface area (Å²) in [6, 6.07) is 11.6. The molecule has 2 aromatic heterocycles. The normalized spacial score (nSPS) is 15.2. The van der Waals surface area contributed by atoms with Gasteiger partial charge in [0.15, 0.2) is 0 Å². The van der Waals surface area contributed by atoms with Gasteiger partial charge in [-0.25, -0.2) is 18.4 Å². The Morgan fingerprint density at radius 1 is 1.10 bits per heavy atom. The van der Waals surface area contributed by atoms with Gasteiger partial charge in [0, 0.05) is 44.8 Å². The minimum absolute atomic E-state index is 0.202. The maximum Gasteiger partial charge on any atom is 0.244 e. The summed E-state index contributed by atoms with van der Waals surface area (Å²) in [7, 11) is -3.52. The van der Waals surface area contributed by atoms with Crippen molar-refractivity contribution in [1.29, 1.82) is 0 Å². The Kier molecular flexibility index (Phi) is 6.12. The van der Waals surface area contributed by atoms with Gasteiger partial charge in [-0.2, -0.15) is 4.31 Å². The summed E-state index contributed by atoms with van der Waals surface area (Å²) in [5.41, 5.74) is 2.31. The number of anilines is 1. The molecule has 0 atom stereocenters. The molecule has 0 radical (unpaired) electrons. The molecule has 1 aromatic carbocycles. The van der Waals surface area contributed by atoms with Crippen LogP contribution in [0, 0.1) is 6.92 Å². The lowest BCUT2D eigenvalue weighted by molar-refractivity contribution is 0.0730. The zero-order valence-electron chi connectivity index (χ0n) is 16.9. The van der Waals surface area contributed by atoms with Gasteiger partial charge in [0.05, 0.1) is 13.2 Å². The minimum atomic E-state index is -3.52. The molecule has 3 heterocycles. The van der Waals surface area contributed by atoms with Crippen LogP contribution >= 0.6 is 0 Å². The van der Waals surface area contributed by atoms with E-state index in [1.165, 1.54) is 16.1 Å². The Balaban J connectivity index is 1.38. The van der Waals surface area contributed by atoms with Crippen LogP contribution < -0.4 is 5.32 Å². The average molecular weight is 428 g/mol. The van der Waals surface area contributed by atoms with Gasteiger partial charge in [0.25, 0.3) is 0 Å². The molecule has 1 aliphatic heterocycles. The fraction of sp³-hybridized carbons (Fsp3) is 0.333. The Morgan fingerprint density at radius 2 is 1.90 bits per heavy atom. The van der Waals surface area contributed by atoms with Crippen molar-refractivity contribution in [3.05, 3.63) is 71.9 Å². The lowest BCUT2D eigenvalue weighted by atomic mass is 10.1. The highest BCUT2D eigenvalue weighted by molar-refractivity contribution is 7.89. The Labute approximate surface area is 176 Å². The molecular weight excluding hydrogens is 402 g/mol. The number of aryl methyl sites for hydroxylation is 1. The number of nitrogens with zero attached hydrogens (tertiary/aromatic N) is 4. The number of aromatic nitrogens is 3. The van der Waals surface area contributed by atoms with Crippen molar-refractivity contribution in [2.45, 2.75) is 24.9 Å². The van der Waals surface area contributed by atoms with E-state index >= 15 is 0 Å². The number of pyridine rings is 1. The van der Waals surface area contributed by atoms with Crippen molar-refractivity contribution in [1.82, 2.24) is 18.8 Å². The van der Waals surface area contributed by atoms with Crippen LogP contribution in [-0.4, -0.2) is 53.6 Å². The quantitative estimate of drug-likeness (QED) is 0.622. The first kappa shape index (κ1) is 20.5. The SMILES string of the molecule is Cc1nccn1Cc1cccc(CNc2ccc(S(=O)(=O)N3CCOCC3)cn2)c1. The monoisotopic (exact) mass is 427 g/mol. The standard InChI is InChI=1S/C21H25N5O3S/c1-17-22-7-8-25(17)16-19-4-2-3-18(13-19)14-23-21-6-5-20(15-24-21)30(27,28)26-9-11-29-12-10-26/h2-8,13,15H,9-12,14,16H2,1H3,(H,23,24). The molecule has 0 unspecified atom stereocenters. The molecule has 1 N–H and O–H groups in total. The zero-order valence-corrected chi connectivity index (χ0v) is 17.7. The first-order chi connectivity index (χ1) is 14.5. The maximum absolute atomic E-state index is 12.7. The third-order valence-corrected chi connectivity index (χ3v) is 6.97. The Morgan fingerprint density at radius 3 is 2.60 bits per heavy atom. The number of hydrogen-bond donors (Lipinski definition) is 1. The summed E-state index contributed by atoms with van der Waals surface area (Å²) >= 11 is 0. The van der Waals surface area contributed by atoms with E-state index in [0.29, 0.717) is 38.7 Å². The van der Waals surface area contributed by atoms with E-state index in [1.54, 1.807) is 18.3 Å². The zero-order chi connectivity index (χ0) is 21.0. The molecular formula is C21H25N5O3S. The molecule has 0 saturated carbocycles. The van der Waals surface area contributed by atoms with Crippen molar-refractivity contribution in [2.24, 2.45) is 0 Å². The van der Waals surface area contributed by atoms with Crippen LogP contribution in [0.4, 0.5) is 5.82 Å².